The molecule has 0 aliphatic carbocycles. The molecule has 15 heavy (non-hydrogen) atoms. The molecule has 3 nitrogen and oxygen atoms in total. The summed E-state index contributed by atoms with van der Waals surface area (Å²) < 4.78 is 20.2. The van der Waals surface area contributed by atoms with Gasteiger partial charge in [0.05, 0.1) is 0 Å². The third-order valence-electron chi connectivity index (χ3n) is 1.11. The Kier molecular flexibility index (Phi) is 23.9. The molecule has 0 heterocycles. The number of ether oxygens (including phenoxy) is 1. The Morgan fingerprint density at radius 2 is 1.60 bits per heavy atom. The van der Waals surface area contributed by atoms with Crippen LogP contribution in [-0.4, -0.2) is 6.61 Å². The van der Waals surface area contributed by atoms with Crippen LogP contribution in [0.1, 0.15) is 0 Å². The maximum absolute atomic E-state index is 7.50. The average Bonchev–Trinajstić information content (AvgIpc) is 2.33. The van der Waals surface area contributed by atoms with E-state index >= 15 is 0 Å². The van der Waals surface area contributed by atoms with Crippen molar-refractivity contribution >= 4 is 0 Å². The minimum Gasteiger partial charge on any atom is 0 e. The van der Waals surface area contributed by atoms with Crippen LogP contribution in [0.2, 0.25) is 0 Å². The van der Waals surface area contributed by atoms with Gasteiger partial charge in [0.2, 0.25) is 0 Å². The van der Waals surface area contributed by atoms with E-state index in [9.17, 15) is 0 Å². The normalized spacial score (nSPS) is 6.13. The zero-order valence-corrected chi connectivity index (χ0v) is 9.29. The van der Waals surface area contributed by atoms with E-state index < -0.39 is 0 Å². The first-order valence-electron chi connectivity index (χ1n) is 3.63. The first kappa shape index (κ1) is 19.4. The fourth-order valence-corrected chi connectivity index (χ4v) is 0.672. The Bertz CT molecular complexity index is 261. The van der Waals surface area contributed by atoms with E-state index in [1.165, 1.54) is 0 Å². The predicted molar refractivity (Wildman–Crippen MR) is 50.0 cm³/mol. The monoisotopic (exact) mass is 242 g/mol. The molecule has 0 atom stereocenters. The van der Waals surface area contributed by atoms with Crippen molar-refractivity contribution in [3.8, 4) is 5.75 Å². The molecular formula is C11H10CrO3. The van der Waals surface area contributed by atoms with Gasteiger partial charge in [-0.05, 0) is 12.1 Å². The largest absolute Gasteiger partial charge is 0 e. The Hall–Kier alpha value is -1.23. The first-order valence-corrected chi connectivity index (χ1v) is 3.63. The minimum absolute atomic E-state index is 0. The number of benzene rings is 1. The summed E-state index contributed by atoms with van der Waals surface area (Å²) in [6, 6.07) is 9.69. The van der Waals surface area contributed by atoms with Gasteiger partial charge in [-0.3, -0.25) is 0 Å². The van der Waals surface area contributed by atoms with Gasteiger partial charge < -0.3 is 4.74 Å². The van der Waals surface area contributed by atoms with Gasteiger partial charge in [0.15, 0.2) is 0 Å². The second kappa shape index (κ2) is 18.5. The molecule has 0 aliphatic heterocycles. The molecule has 4 heteroatoms. The summed E-state index contributed by atoms with van der Waals surface area (Å²) in [6.07, 6.45) is 1.73. The molecule has 0 N–H and O–H groups in total. The fraction of sp³-hybridized carbons (Fsp3) is 0.0909. The van der Waals surface area contributed by atoms with Crippen LogP contribution < -0.4 is 4.74 Å². The van der Waals surface area contributed by atoms with Crippen LogP contribution in [0.5, 0.6) is 5.75 Å². The second-order valence-electron chi connectivity index (χ2n) is 1.91. The topological polar surface area (TPSA) is 49.0 Å². The van der Waals surface area contributed by atoms with Crippen molar-refractivity contribution in [2.24, 2.45) is 0 Å². The molecule has 0 amide bonds. The van der Waals surface area contributed by atoms with Crippen molar-refractivity contribution in [2.75, 3.05) is 6.61 Å². The Balaban J connectivity index is -0.000000258. The quantitative estimate of drug-likeness (QED) is 0.455. The molecule has 78 valence electrons. The van der Waals surface area contributed by atoms with Crippen molar-refractivity contribution in [2.45, 2.75) is 0 Å². The fourth-order valence-electron chi connectivity index (χ4n) is 0.672. The summed E-state index contributed by atoms with van der Waals surface area (Å²) in [5, 5.41) is 0. The van der Waals surface area contributed by atoms with Gasteiger partial charge in [0, 0.05) is 17.4 Å². The molecule has 0 saturated heterocycles. The summed E-state index contributed by atoms with van der Waals surface area (Å²) in [6.45, 7) is 13.1. The molecule has 0 spiro atoms. The third kappa shape index (κ3) is 12.8. The van der Waals surface area contributed by atoms with Crippen molar-refractivity contribution in [3.63, 3.8) is 0 Å². The maximum atomic E-state index is 7.50. The molecule has 1 rings (SSSR count). The van der Waals surface area contributed by atoms with Crippen LogP contribution >= 0.6 is 0 Å². The van der Waals surface area contributed by atoms with Gasteiger partial charge in [-0.2, -0.15) is 0 Å². The van der Waals surface area contributed by atoms with E-state index in [4.69, 9.17) is 14.0 Å². The van der Waals surface area contributed by atoms with Crippen LogP contribution in [0, 0.1) is 13.3 Å². The van der Waals surface area contributed by atoms with Crippen molar-refractivity contribution in [1.29, 1.82) is 0 Å². The Morgan fingerprint density at radius 3 is 2.00 bits per heavy atom. The summed E-state index contributed by atoms with van der Waals surface area (Å²) in [7, 11) is 0. The van der Waals surface area contributed by atoms with E-state index in [-0.39, 0.29) is 17.4 Å². The number of hydrogen-bond acceptors (Lipinski definition) is 1. The van der Waals surface area contributed by atoms with Crippen molar-refractivity contribution in [1.82, 2.24) is 0 Å². The van der Waals surface area contributed by atoms with E-state index in [0.29, 0.717) is 6.61 Å². The van der Waals surface area contributed by atoms with Crippen LogP contribution in [0.25, 0.3) is 0 Å². The standard InChI is InChI=1S/C9H10O.2CO.Cr/c1-2-8-10-9-6-4-3-5-7-9;2*1-2;/h2-7H,1,8H2;;;. The summed E-state index contributed by atoms with van der Waals surface area (Å²) >= 11 is 0. The van der Waals surface area contributed by atoms with Gasteiger partial charge in [-0.15, -0.1) is 0 Å². The van der Waals surface area contributed by atoms with Gasteiger partial charge in [0.25, 0.3) is 0 Å². The molecule has 0 saturated carbocycles. The SMILES string of the molecule is C=CCOc1ccccc1.[C-]#[O+].[C-]#[O+].[Cr]. The van der Waals surface area contributed by atoms with Crippen molar-refractivity contribution in [3.05, 3.63) is 56.3 Å². The molecule has 0 aliphatic rings. The number of para-hydroxylation sites is 1. The van der Waals surface area contributed by atoms with Gasteiger partial charge in [-0.25, -0.2) is 0 Å². The summed E-state index contributed by atoms with van der Waals surface area (Å²) in [5.74, 6) is 0.891. The zero-order valence-electron chi connectivity index (χ0n) is 8.01. The van der Waals surface area contributed by atoms with Crippen LogP contribution in [-0.2, 0) is 26.7 Å². The summed E-state index contributed by atoms with van der Waals surface area (Å²) in [5.41, 5.74) is 0. The van der Waals surface area contributed by atoms with Gasteiger partial charge >= 0.3 is 22.6 Å². The molecule has 1 aromatic carbocycles. The first-order chi connectivity index (χ1) is 6.93. The second-order valence-corrected chi connectivity index (χ2v) is 1.91. The zero-order chi connectivity index (χ0) is 11.2. The molecular weight excluding hydrogens is 232 g/mol. The van der Waals surface area contributed by atoms with E-state index in [1.807, 2.05) is 30.3 Å². The van der Waals surface area contributed by atoms with Gasteiger partial charge in [0.1, 0.15) is 12.4 Å². The summed E-state index contributed by atoms with van der Waals surface area (Å²) in [4.78, 5) is 0. The predicted octanol–water partition coefficient (Wildman–Crippen LogP) is 2.17. The van der Waals surface area contributed by atoms with Crippen LogP contribution in [0.4, 0.5) is 0 Å². The van der Waals surface area contributed by atoms with Crippen molar-refractivity contribution < 1.29 is 31.4 Å². The molecule has 0 fully saturated rings. The molecule has 1 aromatic rings. The molecule has 0 aromatic heterocycles. The average molecular weight is 242 g/mol. The Labute approximate surface area is 100 Å². The third-order valence-corrected chi connectivity index (χ3v) is 1.11. The number of rotatable bonds is 3. The van der Waals surface area contributed by atoms with E-state index in [2.05, 4.69) is 19.9 Å². The van der Waals surface area contributed by atoms with Crippen LogP contribution in [0.15, 0.2) is 43.0 Å². The van der Waals surface area contributed by atoms with E-state index in [1.54, 1.807) is 6.08 Å². The van der Waals surface area contributed by atoms with E-state index in [0.717, 1.165) is 5.75 Å². The van der Waals surface area contributed by atoms with Gasteiger partial charge in [-0.1, -0.05) is 30.9 Å². The molecule has 0 unspecified atom stereocenters. The maximum Gasteiger partial charge on any atom is 0 e. The number of hydrogen-bond donors (Lipinski definition) is 0. The van der Waals surface area contributed by atoms with Crippen LogP contribution in [0.3, 0.4) is 0 Å². The molecule has 0 bridgehead atoms. The minimum atomic E-state index is 0. The smallest absolute Gasteiger partial charge is 0 e. The Morgan fingerprint density at radius 1 is 1.13 bits per heavy atom. The molecule has 0 radical (unpaired) electrons.